The van der Waals surface area contributed by atoms with Crippen LogP contribution in [0.1, 0.15) is 26.3 Å². The van der Waals surface area contributed by atoms with Crippen molar-refractivity contribution in [1.82, 2.24) is 19.2 Å². The highest BCUT2D eigenvalue weighted by Gasteiger charge is 2.21. The Bertz CT molecular complexity index is 1160. The number of allylic oxidation sites excluding steroid dienone is 1. The molecule has 6 nitrogen and oxygen atoms in total. The molecule has 0 aliphatic heterocycles. The van der Waals surface area contributed by atoms with E-state index < -0.39 is 0 Å². The van der Waals surface area contributed by atoms with Crippen LogP contribution < -0.4 is 5.69 Å². The SMILES string of the molecule is C=C(C)Cn1c(=O)n2nc(-c3ccco3)nc2c2c(CC(C)C)csc21. The molecule has 26 heavy (non-hydrogen) atoms. The van der Waals surface area contributed by atoms with E-state index in [1.165, 1.54) is 10.1 Å². The van der Waals surface area contributed by atoms with Gasteiger partial charge in [0.25, 0.3) is 0 Å². The molecule has 4 heterocycles. The van der Waals surface area contributed by atoms with Crippen LogP contribution in [0.25, 0.3) is 27.4 Å². The third-order valence-corrected chi connectivity index (χ3v) is 5.18. The number of thiophene rings is 1. The Kier molecular flexibility index (Phi) is 4.03. The predicted octanol–water partition coefficient (Wildman–Crippen LogP) is 4.14. The summed E-state index contributed by atoms with van der Waals surface area (Å²) in [5.41, 5.74) is 2.49. The van der Waals surface area contributed by atoms with Gasteiger partial charge in [-0.25, -0.2) is 9.78 Å². The van der Waals surface area contributed by atoms with Crippen LogP contribution in [-0.4, -0.2) is 19.2 Å². The maximum atomic E-state index is 13.1. The monoisotopic (exact) mass is 368 g/mol. The van der Waals surface area contributed by atoms with Crippen molar-refractivity contribution in [1.29, 1.82) is 0 Å². The molecule has 0 aliphatic rings. The zero-order chi connectivity index (χ0) is 18.4. The van der Waals surface area contributed by atoms with E-state index in [0.29, 0.717) is 29.7 Å². The van der Waals surface area contributed by atoms with Crippen molar-refractivity contribution in [3.63, 3.8) is 0 Å². The highest BCUT2D eigenvalue weighted by atomic mass is 32.1. The summed E-state index contributed by atoms with van der Waals surface area (Å²) in [4.78, 5) is 18.6. The number of nitrogens with zero attached hydrogens (tertiary/aromatic N) is 4. The second kappa shape index (κ2) is 6.25. The van der Waals surface area contributed by atoms with Gasteiger partial charge in [0.1, 0.15) is 4.83 Å². The van der Waals surface area contributed by atoms with Crippen molar-refractivity contribution in [2.75, 3.05) is 0 Å². The molecule has 7 heteroatoms. The molecule has 0 saturated carbocycles. The number of hydrogen-bond acceptors (Lipinski definition) is 5. The van der Waals surface area contributed by atoms with E-state index in [-0.39, 0.29) is 5.69 Å². The number of furan rings is 1. The van der Waals surface area contributed by atoms with Crippen LogP contribution in [0.3, 0.4) is 0 Å². The molecular weight excluding hydrogens is 348 g/mol. The van der Waals surface area contributed by atoms with Gasteiger partial charge in [0, 0.05) is 6.54 Å². The smallest absolute Gasteiger partial charge is 0.352 e. The Morgan fingerprint density at radius 2 is 2.23 bits per heavy atom. The third kappa shape index (κ3) is 2.68. The minimum atomic E-state index is -0.209. The average molecular weight is 368 g/mol. The molecule has 0 atom stereocenters. The van der Waals surface area contributed by atoms with E-state index in [0.717, 1.165) is 22.2 Å². The second-order valence-corrected chi connectivity index (χ2v) is 7.87. The van der Waals surface area contributed by atoms with Gasteiger partial charge in [0.15, 0.2) is 11.4 Å². The topological polar surface area (TPSA) is 65.3 Å². The largest absolute Gasteiger partial charge is 0.461 e. The number of rotatable bonds is 5. The normalized spacial score (nSPS) is 11.8. The summed E-state index contributed by atoms with van der Waals surface area (Å²) in [6.07, 6.45) is 2.49. The van der Waals surface area contributed by atoms with Crippen molar-refractivity contribution in [3.8, 4) is 11.6 Å². The molecule has 4 aromatic heterocycles. The average Bonchev–Trinajstić information content (AvgIpc) is 3.28. The zero-order valence-corrected chi connectivity index (χ0v) is 15.8. The van der Waals surface area contributed by atoms with Crippen LogP contribution >= 0.6 is 11.3 Å². The van der Waals surface area contributed by atoms with Crippen molar-refractivity contribution < 1.29 is 4.42 Å². The summed E-state index contributed by atoms with van der Waals surface area (Å²) >= 11 is 1.58. The Hall–Kier alpha value is -2.67. The summed E-state index contributed by atoms with van der Waals surface area (Å²) in [7, 11) is 0. The maximum absolute atomic E-state index is 13.1. The molecular formula is C19H20N4O2S. The molecule has 134 valence electrons. The summed E-state index contributed by atoms with van der Waals surface area (Å²) in [5, 5.41) is 7.55. The van der Waals surface area contributed by atoms with Crippen molar-refractivity contribution in [3.05, 3.63) is 52.0 Å². The molecule has 4 aromatic rings. The fraction of sp³-hybridized carbons (Fsp3) is 0.316. The molecule has 0 aliphatic carbocycles. The number of hydrogen-bond donors (Lipinski definition) is 0. The van der Waals surface area contributed by atoms with Crippen molar-refractivity contribution in [2.45, 2.75) is 33.7 Å². The lowest BCUT2D eigenvalue weighted by molar-refractivity contribution is 0.576. The molecule has 0 spiro atoms. The maximum Gasteiger partial charge on any atom is 0.352 e. The summed E-state index contributed by atoms with van der Waals surface area (Å²) in [6.45, 7) is 10.7. The van der Waals surface area contributed by atoms with Gasteiger partial charge in [-0.05, 0) is 42.3 Å². The lowest BCUT2D eigenvalue weighted by Gasteiger charge is -2.09. The third-order valence-electron chi connectivity index (χ3n) is 4.13. The van der Waals surface area contributed by atoms with Crippen molar-refractivity contribution in [2.24, 2.45) is 5.92 Å². The van der Waals surface area contributed by atoms with Gasteiger partial charge >= 0.3 is 5.69 Å². The summed E-state index contributed by atoms with van der Waals surface area (Å²) < 4.78 is 8.54. The summed E-state index contributed by atoms with van der Waals surface area (Å²) in [5.74, 6) is 1.47. The van der Waals surface area contributed by atoms with Crippen LogP contribution in [-0.2, 0) is 13.0 Å². The van der Waals surface area contributed by atoms with E-state index in [2.05, 4.69) is 35.9 Å². The highest BCUT2D eigenvalue weighted by molar-refractivity contribution is 7.17. The standard InChI is InChI=1S/C19H20N4O2S/c1-11(2)8-13-10-26-18-15(13)17-20-16(14-6-5-7-25-14)21-23(17)19(24)22(18)9-12(3)4/h5-7,10-11H,3,8-9H2,1-2,4H3. The van der Waals surface area contributed by atoms with Crippen LogP contribution in [0.4, 0.5) is 0 Å². The van der Waals surface area contributed by atoms with Gasteiger partial charge in [-0.3, -0.25) is 4.57 Å². The highest BCUT2D eigenvalue weighted by Crippen LogP contribution is 2.31. The molecule has 4 rings (SSSR count). The first-order valence-corrected chi connectivity index (χ1v) is 9.41. The van der Waals surface area contributed by atoms with Gasteiger partial charge in [0.2, 0.25) is 5.82 Å². The molecule has 0 amide bonds. The van der Waals surface area contributed by atoms with E-state index in [1.807, 2.05) is 6.92 Å². The lowest BCUT2D eigenvalue weighted by Crippen LogP contribution is -2.27. The molecule has 0 bridgehead atoms. The first-order chi connectivity index (χ1) is 12.5. The van der Waals surface area contributed by atoms with Crippen LogP contribution in [0.15, 0.2) is 45.1 Å². The zero-order valence-electron chi connectivity index (χ0n) is 15.0. The Morgan fingerprint density at radius 1 is 1.42 bits per heavy atom. The molecule has 0 aromatic carbocycles. The minimum Gasteiger partial charge on any atom is -0.461 e. The van der Waals surface area contributed by atoms with Gasteiger partial charge in [0.05, 0.1) is 11.6 Å². The van der Waals surface area contributed by atoms with Gasteiger partial charge in [-0.2, -0.15) is 4.52 Å². The minimum absolute atomic E-state index is 0.209. The Labute approximate surface area is 154 Å². The van der Waals surface area contributed by atoms with Gasteiger partial charge in [-0.15, -0.1) is 16.4 Å². The van der Waals surface area contributed by atoms with E-state index in [9.17, 15) is 4.79 Å². The number of aromatic nitrogens is 4. The molecule has 0 fully saturated rings. The number of fused-ring (bicyclic) bond motifs is 3. The van der Waals surface area contributed by atoms with Gasteiger partial charge < -0.3 is 4.42 Å². The molecule has 0 radical (unpaired) electrons. The molecule has 0 unspecified atom stereocenters. The van der Waals surface area contributed by atoms with E-state index in [4.69, 9.17) is 4.42 Å². The van der Waals surface area contributed by atoms with Gasteiger partial charge in [-0.1, -0.05) is 26.0 Å². The van der Waals surface area contributed by atoms with Crippen LogP contribution in [0.2, 0.25) is 0 Å². The first kappa shape index (κ1) is 16.8. The fourth-order valence-corrected chi connectivity index (χ4v) is 4.22. The lowest BCUT2D eigenvalue weighted by atomic mass is 10.0. The Morgan fingerprint density at radius 3 is 2.88 bits per heavy atom. The quantitative estimate of drug-likeness (QED) is 0.497. The predicted molar refractivity (Wildman–Crippen MR) is 104 cm³/mol. The van der Waals surface area contributed by atoms with E-state index >= 15 is 0 Å². The van der Waals surface area contributed by atoms with Crippen LogP contribution in [0.5, 0.6) is 0 Å². The summed E-state index contributed by atoms with van der Waals surface area (Å²) in [6, 6.07) is 3.58. The molecule has 0 N–H and O–H groups in total. The Balaban J connectivity index is 2.08. The fourth-order valence-electron chi connectivity index (χ4n) is 3.14. The first-order valence-electron chi connectivity index (χ1n) is 8.53. The van der Waals surface area contributed by atoms with Crippen molar-refractivity contribution >= 4 is 27.2 Å². The van der Waals surface area contributed by atoms with Crippen LogP contribution in [0, 0.1) is 5.92 Å². The second-order valence-electron chi connectivity index (χ2n) is 7.01. The van der Waals surface area contributed by atoms with E-state index in [1.54, 1.807) is 34.3 Å². The molecule has 0 saturated heterocycles.